The molecule has 5 heteroatoms. The van der Waals surface area contributed by atoms with Crippen LogP contribution in [0, 0.1) is 0 Å². The molecule has 2 rings (SSSR count). The minimum atomic E-state index is 0.612. The Hall–Kier alpha value is -1.13. The van der Waals surface area contributed by atoms with Crippen molar-refractivity contribution in [1.29, 1.82) is 0 Å². The van der Waals surface area contributed by atoms with Gasteiger partial charge in [0.2, 0.25) is 0 Å². The summed E-state index contributed by atoms with van der Waals surface area (Å²) in [5.74, 6) is 0.798. The second-order valence-corrected chi connectivity index (χ2v) is 5.69. The smallest absolute Gasteiger partial charge is 0.156 e. The third kappa shape index (κ3) is 3.70. The van der Waals surface area contributed by atoms with Gasteiger partial charge >= 0.3 is 0 Å². The molecule has 0 atom stereocenters. The molecule has 1 aromatic carbocycles. The Kier molecular flexibility index (Phi) is 5.38. The van der Waals surface area contributed by atoms with Crippen LogP contribution in [0.15, 0.2) is 35.1 Å². The average Bonchev–Trinajstić information content (AvgIpc) is 2.88. The lowest BCUT2D eigenvalue weighted by molar-refractivity contribution is 0.339. The Morgan fingerprint density at radius 3 is 2.80 bits per heavy atom. The largest absolute Gasteiger partial charge is 0.491 e. The van der Waals surface area contributed by atoms with Crippen LogP contribution in [0.5, 0.6) is 5.75 Å². The first kappa shape index (κ1) is 15.3. The van der Waals surface area contributed by atoms with Crippen LogP contribution in [-0.2, 0) is 13.1 Å². The van der Waals surface area contributed by atoms with Gasteiger partial charge in [-0.1, -0.05) is 11.6 Å². The zero-order valence-corrected chi connectivity index (χ0v) is 14.0. The van der Waals surface area contributed by atoms with Crippen molar-refractivity contribution in [2.75, 3.05) is 11.9 Å². The van der Waals surface area contributed by atoms with Crippen molar-refractivity contribution >= 4 is 33.2 Å². The van der Waals surface area contributed by atoms with Crippen LogP contribution in [0.1, 0.15) is 19.4 Å². The van der Waals surface area contributed by atoms with Gasteiger partial charge in [0.1, 0.15) is 0 Å². The summed E-state index contributed by atoms with van der Waals surface area (Å²) in [4.78, 5) is 0. The predicted molar refractivity (Wildman–Crippen MR) is 87.8 cm³/mol. The molecular weight excluding hydrogens is 340 g/mol. The van der Waals surface area contributed by atoms with Crippen molar-refractivity contribution in [3.05, 3.63) is 45.7 Å². The van der Waals surface area contributed by atoms with Crippen LogP contribution in [0.2, 0.25) is 5.02 Å². The van der Waals surface area contributed by atoms with Crippen molar-refractivity contribution in [2.24, 2.45) is 0 Å². The first-order chi connectivity index (χ1) is 9.63. The van der Waals surface area contributed by atoms with Gasteiger partial charge in [0.25, 0.3) is 0 Å². The monoisotopic (exact) mass is 356 g/mol. The second-order valence-electron chi connectivity index (χ2n) is 4.40. The zero-order chi connectivity index (χ0) is 14.5. The first-order valence-electron chi connectivity index (χ1n) is 6.64. The van der Waals surface area contributed by atoms with Crippen LogP contribution < -0.4 is 10.1 Å². The van der Waals surface area contributed by atoms with E-state index in [9.17, 15) is 0 Å². The van der Waals surface area contributed by atoms with E-state index in [4.69, 9.17) is 16.3 Å². The molecule has 2 aromatic rings. The van der Waals surface area contributed by atoms with E-state index in [0.717, 1.165) is 29.0 Å². The van der Waals surface area contributed by atoms with E-state index in [0.29, 0.717) is 11.6 Å². The Labute approximate surface area is 133 Å². The standard InChI is InChI=1S/C15H18BrClN2O/c1-3-19-6-5-11(10-19)9-18-14-8-12(17)7-13(16)15(14)20-4-2/h5-8,10,18H,3-4,9H2,1-2H3. The number of hydrogen-bond acceptors (Lipinski definition) is 2. The molecule has 1 N–H and O–H groups in total. The van der Waals surface area contributed by atoms with Gasteiger partial charge < -0.3 is 14.6 Å². The lowest BCUT2D eigenvalue weighted by atomic mass is 10.2. The molecule has 0 unspecified atom stereocenters. The Balaban J connectivity index is 2.15. The van der Waals surface area contributed by atoms with Crippen molar-refractivity contribution < 1.29 is 4.74 Å². The highest BCUT2D eigenvalue weighted by atomic mass is 79.9. The summed E-state index contributed by atoms with van der Waals surface area (Å²) in [6.45, 7) is 6.42. The minimum absolute atomic E-state index is 0.612. The van der Waals surface area contributed by atoms with Crippen LogP contribution >= 0.6 is 27.5 Å². The lowest BCUT2D eigenvalue weighted by Crippen LogP contribution is -2.03. The quantitative estimate of drug-likeness (QED) is 0.793. The van der Waals surface area contributed by atoms with Gasteiger partial charge in [0, 0.05) is 30.5 Å². The molecular formula is C15H18BrClN2O. The molecule has 0 aliphatic carbocycles. The fourth-order valence-electron chi connectivity index (χ4n) is 1.97. The van der Waals surface area contributed by atoms with Gasteiger partial charge in [0.15, 0.2) is 5.75 Å². The molecule has 20 heavy (non-hydrogen) atoms. The van der Waals surface area contributed by atoms with Crippen LogP contribution in [0.4, 0.5) is 5.69 Å². The summed E-state index contributed by atoms with van der Waals surface area (Å²) in [5.41, 5.74) is 2.13. The fourth-order valence-corrected chi connectivity index (χ4v) is 2.90. The van der Waals surface area contributed by atoms with Gasteiger partial charge in [-0.15, -0.1) is 0 Å². The molecule has 1 heterocycles. The second kappa shape index (κ2) is 7.04. The molecule has 0 amide bonds. The lowest BCUT2D eigenvalue weighted by Gasteiger charge is -2.14. The van der Waals surface area contributed by atoms with E-state index in [1.807, 2.05) is 19.1 Å². The number of aryl methyl sites for hydroxylation is 1. The number of halogens is 2. The Morgan fingerprint density at radius 1 is 1.35 bits per heavy atom. The topological polar surface area (TPSA) is 26.2 Å². The van der Waals surface area contributed by atoms with Crippen LogP contribution in [0.25, 0.3) is 0 Å². The molecule has 0 saturated heterocycles. The molecule has 1 aromatic heterocycles. The number of nitrogens with one attached hydrogen (secondary N) is 1. The van der Waals surface area contributed by atoms with E-state index in [2.05, 4.69) is 51.2 Å². The summed E-state index contributed by atoms with van der Waals surface area (Å²) in [6.07, 6.45) is 4.21. The summed E-state index contributed by atoms with van der Waals surface area (Å²) in [5, 5.41) is 4.06. The van der Waals surface area contributed by atoms with Gasteiger partial charge in [-0.3, -0.25) is 0 Å². The third-order valence-electron chi connectivity index (χ3n) is 2.96. The molecule has 0 bridgehead atoms. The van der Waals surface area contributed by atoms with Crippen molar-refractivity contribution in [3.8, 4) is 5.75 Å². The van der Waals surface area contributed by atoms with Crippen LogP contribution in [-0.4, -0.2) is 11.2 Å². The summed E-state index contributed by atoms with van der Waals surface area (Å²) < 4.78 is 8.67. The molecule has 0 aliphatic rings. The van der Waals surface area contributed by atoms with Gasteiger partial charge in [-0.05, 0) is 53.5 Å². The Morgan fingerprint density at radius 2 is 2.15 bits per heavy atom. The molecule has 0 radical (unpaired) electrons. The maximum absolute atomic E-state index is 6.10. The molecule has 0 aliphatic heterocycles. The highest BCUT2D eigenvalue weighted by Gasteiger charge is 2.10. The zero-order valence-electron chi connectivity index (χ0n) is 11.6. The minimum Gasteiger partial charge on any atom is -0.491 e. The third-order valence-corrected chi connectivity index (χ3v) is 3.76. The van der Waals surface area contributed by atoms with Crippen LogP contribution in [0.3, 0.4) is 0 Å². The fraction of sp³-hybridized carbons (Fsp3) is 0.333. The molecule has 0 fully saturated rings. The van der Waals surface area contributed by atoms with E-state index >= 15 is 0 Å². The average molecular weight is 358 g/mol. The molecule has 3 nitrogen and oxygen atoms in total. The number of benzene rings is 1. The number of anilines is 1. The highest BCUT2D eigenvalue weighted by Crippen LogP contribution is 2.36. The maximum Gasteiger partial charge on any atom is 0.156 e. The summed E-state index contributed by atoms with van der Waals surface area (Å²) in [7, 11) is 0. The van der Waals surface area contributed by atoms with Gasteiger partial charge in [-0.25, -0.2) is 0 Å². The van der Waals surface area contributed by atoms with Gasteiger partial charge in [-0.2, -0.15) is 0 Å². The number of rotatable bonds is 6. The SMILES string of the molecule is CCOc1c(Br)cc(Cl)cc1NCc1ccn(CC)c1. The maximum atomic E-state index is 6.10. The number of nitrogens with zero attached hydrogens (tertiary/aromatic N) is 1. The van der Waals surface area contributed by atoms with E-state index in [-0.39, 0.29) is 0 Å². The van der Waals surface area contributed by atoms with Crippen molar-refractivity contribution in [1.82, 2.24) is 4.57 Å². The summed E-state index contributed by atoms with van der Waals surface area (Å²) >= 11 is 9.59. The van der Waals surface area contributed by atoms with E-state index in [1.54, 1.807) is 0 Å². The summed E-state index contributed by atoms with van der Waals surface area (Å²) in [6, 6.07) is 5.83. The van der Waals surface area contributed by atoms with Crippen molar-refractivity contribution in [2.45, 2.75) is 26.9 Å². The number of hydrogen-bond donors (Lipinski definition) is 1. The van der Waals surface area contributed by atoms with Gasteiger partial charge in [0.05, 0.1) is 16.8 Å². The van der Waals surface area contributed by atoms with Crippen molar-refractivity contribution in [3.63, 3.8) is 0 Å². The first-order valence-corrected chi connectivity index (χ1v) is 7.81. The normalized spacial score (nSPS) is 10.6. The predicted octanol–water partition coefficient (Wildman–Crippen LogP) is 4.93. The molecule has 0 spiro atoms. The highest BCUT2D eigenvalue weighted by molar-refractivity contribution is 9.10. The van der Waals surface area contributed by atoms with E-state index < -0.39 is 0 Å². The Bertz CT molecular complexity index is 583. The molecule has 108 valence electrons. The number of ether oxygens (including phenoxy) is 1. The molecule has 0 saturated carbocycles. The number of aromatic nitrogens is 1. The van der Waals surface area contributed by atoms with E-state index in [1.165, 1.54) is 5.56 Å².